The molecule has 2 heterocycles. The third kappa shape index (κ3) is 4.54. The number of anilines is 2. The van der Waals surface area contributed by atoms with Crippen LogP contribution in [0, 0.1) is 13.8 Å². The molecule has 0 aliphatic rings. The highest BCUT2D eigenvalue weighted by Crippen LogP contribution is 2.15. The fourth-order valence-corrected chi connectivity index (χ4v) is 2.31. The lowest BCUT2D eigenvalue weighted by Gasteiger charge is -2.08. The zero-order chi connectivity index (χ0) is 17.8. The molecule has 0 fully saturated rings. The van der Waals surface area contributed by atoms with Gasteiger partial charge in [0.25, 0.3) is 5.91 Å². The van der Waals surface area contributed by atoms with E-state index < -0.39 is 0 Å². The number of hydrogen-bond acceptors (Lipinski definition) is 6. The molecule has 0 bridgehead atoms. The molecule has 0 unspecified atom stereocenters. The summed E-state index contributed by atoms with van der Waals surface area (Å²) >= 11 is 5.85. The first-order chi connectivity index (χ1) is 12.0. The zero-order valence-corrected chi connectivity index (χ0v) is 14.5. The maximum Gasteiger partial charge on any atom is 0.270 e. The van der Waals surface area contributed by atoms with Crippen LogP contribution in [-0.2, 0) is 6.54 Å². The monoisotopic (exact) mass is 357 g/mol. The van der Waals surface area contributed by atoms with Crippen LogP contribution in [0.25, 0.3) is 0 Å². The van der Waals surface area contributed by atoms with Gasteiger partial charge in [0.1, 0.15) is 23.1 Å². The van der Waals surface area contributed by atoms with Gasteiger partial charge in [0.05, 0.1) is 0 Å². The van der Waals surface area contributed by atoms with Crippen LogP contribution in [0.15, 0.2) is 40.9 Å². The Kier molecular flexibility index (Phi) is 4.95. The number of carbonyl (C=O) groups excluding carboxylic acids is 1. The predicted octanol–water partition coefficient (Wildman–Crippen LogP) is 3.41. The number of halogens is 1. The lowest BCUT2D eigenvalue weighted by molar-refractivity contribution is 0.0945. The average molecular weight is 358 g/mol. The Morgan fingerprint density at radius 1 is 1.12 bits per heavy atom. The number of aryl methyl sites for hydroxylation is 2. The Morgan fingerprint density at radius 3 is 2.56 bits per heavy atom. The molecule has 128 valence electrons. The molecule has 0 radical (unpaired) electrons. The Labute approximate surface area is 149 Å². The van der Waals surface area contributed by atoms with E-state index in [0.717, 1.165) is 5.56 Å². The molecule has 3 aromatic rings. The van der Waals surface area contributed by atoms with Crippen molar-refractivity contribution in [1.29, 1.82) is 0 Å². The van der Waals surface area contributed by atoms with Crippen molar-refractivity contribution in [2.75, 3.05) is 5.32 Å². The summed E-state index contributed by atoms with van der Waals surface area (Å²) in [6, 6.07) is 10.6. The number of benzene rings is 1. The maximum atomic E-state index is 12.4. The SMILES string of the molecule is Cc1nc(Nc2cc(C)on2)cc(C(=O)NCc2ccc(Cl)cc2)n1. The Hall–Kier alpha value is -2.93. The lowest BCUT2D eigenvalue weighted by Crippen LogP contribution is -2.24. The second-order valence-electron chi connectivity index (χ2n) is 5.44. The summed E-state index contributed by atoms with van der Waals surface area (Å²) in [5, 5.41) is 10.3. The highest BCUT2D eigenvalue weighted by Gasteiger charge is 2.11. The summed E-state index contributed by atoms with van der Waals surface area (Å²) < 4.78 is 5.00. The van der Waals surface area contributed by atoms with Crippen molar-refractivity contribution in [3.05, 3.63) is 64.3 Å². The minimum absolute atomic E-state index is 0.268. The molecule has 2 N–H and O–H groups in total. The van der Waals surface area contributed by atoms with E-state index in [1.165, 1.54) is 0 Å². The van der Waals surface area contributed by atoms with Crippen LogP contribution in [0.3, 0.4) is 0 Å². The van der Waals surface area contributed by atoms with Gasteiger partial charge in [-0.3, -0.25) is 4.79 Å². The van der Waals surface area contributed by atoms with Crippen LogP contribution in [0.1, 0.15) is 27.6 Å². The summed E-state index contributed by atoms with van der Waals surface area (Å²) in [6.45, 7) is 3.89. The van der Waals surface area contributed by atoms with Crippen molar-refractivity contribution in [3.63, 3.8) is 0 Å². The van der Waals surface area contributed by atoms with E-state index in [2.05, 4.69) is 25.8 Å². The van der Waals surface area contributed by atoms with Crippen LogP contribution in [0.5, 0.6) is 0 Å². The second kappa shape index (κ2) is 7.31. The van der Waals surface area contributed by atoms with Gasteiger partial charge >= 0.3 is 0 Å². The van der Waals surface area contributed by atoms with Crippen molar-refractivity contribution < 1.29 is 9.32 Å². The molecule has 25 heavy (non-hydrogen) atoms. The quantitative estimate of drug-likeness (QED) is 0.726. The molecule has 0 spiro atoms. The Balaban J connectivity index is 1.70. The summed E-state index contributed by atoms with van der Waals surface area (Å²) in [5.74, 6) is 1.84. The van der Waals surface area contributed by atoms with E-state index in [-0.39, 0.29) is 11.6 Å². The van der Waals surface area contributed by atoms with Gasteiger partial charge in [-0.25, -0.2) is 9.97 Å². The molecule has 2 aromatic heterocycles. The van der Waals surface area contributed by atoms with Crippen LogP contribution >= 0.6 is 11.6 Å². The molecule has 7 nitrogen and oxygen atoms in total. The second-order valence-corrected chi connectivity index (χ2v) is 5.88. The predicted molar refractivity (Wildman–Crippen MR) is 93.9 cm³/mol. The molecular weight excluding hydrogens is 342 g/mol. The number of nitrogens with one attached hydrogen (secondary N) is 2. The molecule has 1 aromatic carbocycles. The first-order valence-corrected chi connectivity index (χ1v) is 7.96. The first-order valence-electron chi connectivity index (χ1n) is 7.58. The van der Waals surface area contributed by atoms with Crippen molar-refractivity contribution in [1.82, 2.24) is 20.4 Å². The van der Waals surface area contributed by atoms with Gasteiger partial charge < -0.3 is 15.2 Å². The van der Waals surface area contributed by atoms with Gasteiger partial charge in [-0.05, 0) is 31.5 Å². The normalized spacial score (nSPS) is 10.5. The molecule has 0 saturated carbocycles. The molecule has 0 aliphatic carbocycles. The minimum atomic E-state index is -0.292. The van der Waals surface area contributed by atoms with Gasteiger partial charge in [0, 0.05) is 23.7 Å². The summed E-state index contributed by atoms with van der Waals surface area (Å²) in [7, 11) is 0. The third-order valence-corrected chi connectivity index (χ3v) is 3.57. The van der Waals surface area contributed by atoms with E-state index in [4.69, 9.17) is 16.1 Å². The lowest BCUT2D eigenvalue weighted by atomic mass is 10.2. The topological polar surface area (TPSA) is 92.9 Å². The largest absolute Gasteiger partial charge is 0.360 e. The van der Waals surface area contributed by atoms with Gasteiger partial charge in [-0.2, -0.15) is 0 Å². The fourth-order valence-electron chi connectivity index (χ4n) is 2.18. The molecule has 0 atom stereocenters. The smallest absolute Gasteiger partial charge is 0.270 e. The molecule has 0 aliphatic heterocycles. The van der Waals surface area contributed by atoms with E-state index in [9.17, 15) is 4.79 Å². The van der Waals surface area contributed by atoms with E-state index in [1.54, 1.807) is 38.1 Å². The Morgan fingerprint density at radius 2 is 1.88 bits per heavy atom. The number of aromatic nitrogens is 3. The van der Waals surface area contributed by atoms with Gasteiger partial charge in [0.2, 0.25) is 0 Å². The number of amides is 1. The standard InChI is InChI=1S/C17H16ClN5O2/c1-10-7-16(23-25-10)22-15-8-14(20-11(2)21-15)17(24)19-9-12-3-5-13(18)6-4-12/h3-8H,9H2,1-2H3,(H,19,24)(H,20,21,22,23). The van der Waals surface area contributed by atoms with Gasteiger partial charge in [-0.15, -0.1) is 0 Å². The van der Waals surface area contributed by atoms with Gasteiger partial charge in [-0.1, -0.05) is 28.9 Å². The summed E-state index contributed by atoms with van der Waals surface area (Å²) in [4.78, 5) is 20.8. The van der Waals surface area contributed by atoms with E-state index >= 15 is 0 Å². The van der Waals surface area contributed by atoms with Crippen molar-refractivity contribution >= 4 is 29.1 Å². The molecular formula is C17H16ClN5O2. The van der Waals surface area contributed by atoms with Crippen LogP contribution < -0.4 is 10.6 Å². The first kappa shape index (κ1) is 16.9. The third-order valence-electron chi connectivity index (χ3n) is 3.32. The number of rotatable bonds is 5. The average Bonchev–Trinajstić information content (AvgIpc) is 2.98. The zero-order valence-electron chi connectivity index (χ0n) is 13.7. The highest BCUT2D eigenvalue weighted by molar-refractivity contribution is 6.30. The van der Waals surface area contributed by atoms with Crippen molar-refractivity contribution in [2.24, 2.45) is 0 Å². The number of carbonyl (C=O) groups is 1. The molecule has 0 saturated heterocycles. The van der Waals surface area contributed by atoms with Crippen LogP contribution in [-0.4, -0.2) is 21.0 Å². The summed E-state index contributed by atoms with van der Waals surface area (Å²) in [6.07, 6.45) is 0. The van der Waals surface area contributed by atoms with Crippen LogP contribution in [0.2, 0.25) is 5.02 Å². The van der Waals surface area contributed by atoms with E-state index in [1.807, 2.05) is 12.1 Å². The van der Waals surface area contributed by atoms with Crippen LogP contribution in [0.4, 0.5) is 11.6 Å². The minimum Gasteiger partial charge on any atom is -0.360 e. The number of nitrogens with zero attached hydrogens (tertiary/aromatic N) is 3. The number of hydrogen-bond donors (Lipinski definition) is 2. The maximum absolute atomic E-state index is 12.4. The fraction of sp³-hybridized carbons (Fsp3) is 0.176. The molecule has 1 amide bonds. The molecule has 8 heteroatoms. The van der Waals surface area contributed by atoms with E-state index in [0.29, 0.717) is 34.8 Å². The Bertz CT molecular complexity index is 892. The summed E-state index contributed by atoms with van der Waals surface area (Å²) in [5.41, 5.74) is 1.21. The highest BCUT2D eigenvalue weighted by atomic mass is 35.5. The van der Waals surface area contributed by atoms with Crippen molar-refractivity contribution in [3.8, 4) is 0 Å². The van der Waals surface area contributed by atoms with Gasteiger partial charge in [0.15, 0.2) is 5.82 Å². The van der Waals surface area contributed by atoms with Crippen molar-refractivity contribution in [2.45, 2.75) is 20.4 Å². The molecule has 3 rings (SSSR count).